The minimum atomic E-state index is -0.845. The monoisotopic (exact) mass is 441 g/mol. The fraction of sp³-hybridized carbons (Fsp3) is 0.143. The third-order valence-electron chi connectivity index (χ3n) is 4.59. The van der Waals surface area contributed by atoms with Gasteiger partial charge in [0.25, 0.3) is 11.7 Å². The minimum absolute atomic E-state index is 0.00627. The number of aliphatic hydroxyl groups excluding tert-OH is 1. The first-order valence-corrected chi connectivity index (χ1v) is 9.38. The number of hydrogen-bond donors (Lipinski definition) is 1. The average molecular weight is 442 g/mol. The number of aryl methyl sites for hydroxylation is 1. The van der Waals surface area contributed by atoms with Gasteiger partial charge in [0.05, 0.1) is 18.4 Å². The van der Waals surface area contributed by atoms with E-state index in [1.165, 1.54) is 11.2 Å². The molecule has 2 aromatic heterocycles. The Morgan fingerprint density at radius 1 is 1.14 bits per heavy atom. The molecule has 3 heterocycles. The Balaban J connectivity index is 1.85. The van der Waals surface area contributed by atoms with E-state index in [2.05, 4.69) is 15.9 Å². The normalized spacial score (nSPS) is 18.8. The highest BCUT2D eigenvalue weighted by molar-refractivity contribution is 9.10. The second-order valence-corrected chi connectivity index (χ2v) is 7.38. The third kappa shape index (κ3) is 3.18. The molecule has 1 unspecified atom stereocenters. The molecule has 1 saturated heterocycles. The highest BCUT2D eigenvalue weighted by Crippen LogP contribution is 2.40. The fourth-order valence-electron chi connectivity index (χ4n) is 3.27. The standard InChI is InChI=1S/C21H16BrNO5/c1-12-4-9-16(28-12)18-17(19(24)13-5-7-14(22)8-6-13)20(25)21(26)23(18)11-15-3-2-10-27-15/h2-10,18,24H,11H2,1H3/b19-17+. The Hall–Kier alpha value is -3.06. The zero-order valence-corrected chi connectivity index (χ0v) is 16.5. The van der Waals surface area contributed by atoms with E-state index >= 15 is 0 Å². The summed E-state index contributed by atoms with van der Waals surface area (Å²) in [5.41, 5.74) is 0.431. The number of likely N-dealkylation sites (tertiary alicyclic amines) is 1. The van der Waals surface area contributed by atoms with Crippen LogP contribution in [0.1, 0.15) is 28.9 Å². The SMILES string of the molecule is Cc1ccc(C2/C(=C(\O)c3ccc(Br)cc3)C(=O)C(=O)N2Cc2ccco2)o1. The van der Waals surface area contributed by atoms with Crippen molar-refractivity contribution >= 4 is 33.4 Å². The van der Waals surface area contributed by atoms with Crippen LogP contribution in [0.5, 0.6) is 0 Å². The van der Waals surface area contributed by atoms with Gasteiger partial charge in [-0.3, -0.25) is 9.59 Å². The number of hydrogen-bond acceptors (Lipinski definition) is 5. The molecule has 1 fully saturated rings. The van der Waals surface area contributed by atoms with E-state index in [0.717, 1.165) is 4.47 Å². The summed E-state index contributed by atoms with van der Waals surface area (Å²) in [7, 11) is 0. The zero-order valence-electron chi connectivity index (χ0n) is 14.9. The summed E-state index contributed by atoms with van der Waals surface area (Å²) in [6.07, 6.45) is 1.50. The molecule has 7 heteroatoms. The summed E-state index contributed by atoms with van der Waals surface area (Å²) < 4.78 is 11.9. The van der Waals surface area contributed by atoms with Crippen LogP contribution in [0, 0.1) is 6.92 Å². The second-order valence-electron chi connectivity index (χ2n) is 6.46. The van der Waals surface area contributed by atoms with Crippen molar-refractivity contribution in [2.24, 2.45) is 0 Å². The molecule has 3 aromatic rings. The van der Waals surface area contributed by atoms with Crippen LogP contribution in [-0.2, 0) is 16.1 Å². The van der Waals surface area contributed by atoms with E-state index in [4.69, 9.17) is 8.83 Å². The van der Waals surface area contributed by atoms with Crippen LogP contribution in [0.15, 0.2) is 73.7 Å². The van der Waals surface area contributed by atoms with Gasteiger partial charge in [0.2, 0.25) is 0 Å². The summed E-state index contributed by atoms with van der Waals surface area (Å²) in [4.78, 5) is 26.9. The molecule has 1 aromatic carbocycles. The van der Waals surface area contributed by atoms with Gasteiger partial charge in [-0.15, -0.1) is 0 Å². The molecule has 1 aliphatic heterocycles. The van der Waals surface area contributed by atoms with Crippen molar-refractivity contribution in [3.63, 3.8) is 0 Å². The van der Waals surface area contributed by atoms with Crippen molar-refractivity contribution in [3.8, 4) is 0 Å². The van der Waals surface area contributed by atoms with Crippen molar-refractivity contribution in [1.82, 2.24) is 4.90 Å². The number of Topliss-reactive ketones (excluding diaryl/α,β-unsaturated/α-hetero) is 1. The van der Waals surface area contributed by atoms with E-state index in [0.29, 0.717) is 22.8 Å². The number of furan rings is 2. The van der Waals surface area contributed by atoms with Gasteiger partial charge in [-0.25, -0.2) is 0 Å². The molecule has 0 saturated carbocycles. The first kappa shape index (κ1) is 18.3. The van der Waals surface area contributed by atoms with E-state index in [1.54, 1.807) is 55.5 Å². The third-order valence-corrected chi connectivity index (χ3v) is 5.12. The number of benzene rings is 1. The Bertz CT molecular complexity index is 1060. The Kier molecular flexibility index (Phi) is 4.68. The number of rotatable bonds is 4. The van der Waals surface area contributed by atoms with Crippen LogP contribution in [0.25, 0.3) is 5.76 Å². The number of aliphatic hydroxyl groups is 1. The van der Waals surface area contributed by atoms with Crippen LogP contribution in [-0.4, -0.2) is 21.7 Å². The number of nitrogens with zero attached hydrogens (tertiary/aromatic N) is 1. The summed E-state index contributed by atoms with van der Waals surface area (Å²) in [5.74, 6) is -0.144. The van der Waals surface area contributed by atoms with Crippen LogP contribution >= 0.6 is 15.9 Å². The van der Waals surface area contributed by atoms with Gasteiger partial charge in [0.1, 0.15) is 29.1 Å². The van der Waals surface area contributed by atoms with E-state index in [-0.39, 0.29) is 17.9 Å². The number of ketones is 1. The van der Waals surface area contributed by atoms with Gasteiger partial charge in [-0.05, 0) is 43.3 Å². The maximum absolute atomic E-state index is 12.8. The highest BCUT2D eigenvalue weighted by atomic mass is 79.9. The summed E-state index contributed by atoms with van der Waals surface area (Å²) in [6, 6.07) is 12.9. The predicted molar refractivity (Wildman–Crippen MR) is 104 cm³/mol. The zero-order chi connectivity index (χ0) is 19.8. The molecule has 142 valence electrons. The molecule has 1 N–H and O–H groups in total. The fourth-order valence-corrected chi connectivity index (χ4v) is 3.54. The molecule has 1 amide bonds. The molecule has 1 aliphatic rings. The number of carbonyl (C=O) groups excluding carboxylic acids is 2. The lowest BCUT2D eigenvalue weighted by Gasteiger charge is -2.22. The van der Waals surface area contributed by atoms with Crippen LogP contribution in [0.4, 0.5) is 0 Å². The van der Waals surface area contributed by atoms with Gasteiger partial charge in [0.15, 0.2) is 0 Å². The van der Waals surface area contributed by atoms with Gasteiger partial charge in [-0.1, -0.05) is 28.1 Å². The average Bonchev–Trinajstić information content (AvgIpc) is 3.39. The largest absolute Gasteiger partial charge is 0.507 e. The topological polar surface area (TPSA) is 83.9 Å². The molecule has 0 radical (unpaired) electrons. The Morgan fingerprint density at radius 2 is 1.89 bits per heavy atom. The molecule has 4 rings (SSSR count). The quantitative estimate of drug-likeness (QED) is 0.364. The van der Waals surface area contributed by atoms with Crippen molar-refractivity contribution in [3.05, 3.63) is 87.7 Å². The number of amides is 1. The van der Waals surface area contributed by atoms with Gasteiger partial charge in [-0.2, -0.15) is 0 Å². The van der Waals surface area contributed by atoms with Crippen molar-refractivity contribution in [2.45, 2.75) is 19.5 Å². The van der Waals surface area contributed by atoms with Gasteiger partial charge >= 0.3 is 0 Å². The molecular formula is C21H16BrNO5. The first-order chi connectivity index (χ1) is 13.5. The molecule has 0 spiro atoms. The lowest BCUT2D eigenvalue weighted by molar-refractivity contribution is -0.140. The van der Waals surface area contributed by atoms with E-state index in [9.17, 15) is 14.7 Å². The summed E-state index contributed by atoms with van der Waals surface area (Å²) >= 11 is 3.34. The summed E-state index contributed by atoms with van der Waals surface area (Å²) in [5, 5.41) is 10.9. The molecule has 0 aliphatic carbocycles. The molecule has 0 bridgehead atoms. The van der Waals surface area contributed by atoms with E-state index in [1.807, 2.05) is 0 Å². The van der Waals surface area contributed by atoms with Crippen molar-refractivity contribution in [1.29, 1.82) is 0 Å². The maximum atomic E-state index is 12.8. The molecule has 28 heavy (non-hydrogen) atoms. The van der Waals surface area contributed by atoms with E-state index < -0.39 is 17.7 Å². The summed E-state index contributed by atoms with van der Waals surface area (Å²) in [6.45, 7) is 1.86. The van der Waals surface area contributed by atoms with Crippen LogP contribution in [0.2, 0.25) is 0 Å². The minimum Gasteiger partial charge on any atom is -0.507 e. The highest BCUT2D eigenvalue weighted by Gasteiger charge is 2.47. The Morgan fingerprint density at radius 3 is 2.50 bits per heavy atom. The smallest absolute Gasteiger partial charge is 0.296 e. The molecule has 1 atom stereocenters. The Labute approximate surface area is 169 Å². The lowest BCUT2D eigenvalue weighted by atomic mass is 9.99. The lowest BCUT2D eigenvalue weighted by Crippen LogP contribution is -2.28. The van der Waals surface area contributed by atoms with Crippen molar-refractivity contribution < 1.29 is 23.5 Å². The molecular weight excluding hydrogens is 426 g/mol. The van der Waals surface area contributed by atoms with Crippen LogP contribution < -0.4 is 0 Å². The number of carbonyl (C=O) groups is 2. The second kappa shape index (κ2) is 7.16. The molecule has 6 nitrogen and oxygen atoms in total. The number of halogens is 1. The predicted octanol–water partition coefficient (Wildman–Crippen LogP) is 4.57. The maximum Gasteiger partial charge on any atom is 0.296 e. The van der Waals surface area contributed by atoms with Crippen LogP contribution in [0.3, 0.4) is 0 Å². The van der Waals surface area contributed by atoms with Gasteiger partial charge in [0, 0.05) is 10.0 Å². The van der Waals surface area contributed by atoms with Crippen molar-refractivity contribution in [2.75, 3.05) is 0 Å². The van der Waals surface area contributed by atoms with Gasteiger partial charge < -0.3 is 18.8 Å². The first-order valence-electron chi connectivity index (χ1n) is 8.59.